The Bertz CT molecular complexity index is 966. The zero-order chi connectivity index (χ0) is 19.0. The Hall–Kier alpha value is -2.90. The quantitative estimate of drug-likeness (QED) is 0.657. The number of nitrogens with zero attached hydrogens (tertiary/aromatic N) is 3. The van der Waals surface area contributed by atoms with Crippen molar-refractivity contribution in [2.45, 2.75) is 25.0 Å². The molecule has 3 aromatic rings. The first-order chi connectivity index (χ1) is 13.0. The number of carbonyl (C=O) groups is 1. The Balaban J connectivity index is 1.43. The van der Waals surface area contributed by atoms with Gasteiger partial charge in [-0.05, 0) is 36.2 Å². The number of hydrogen-bond acceptors (Lipinski definition) is 5. The van der Waals surface area contributed by atoms with Crippen molar-refractivity contribution in [1.29, 1.82) is 0 Å². The van der Waals surface area contributed by atoms with Gasteiger partial charge in [0.15, 0.2) is 0 Å². The summed E-state index contributed by atoms with van der Waals surface area (Å²) < 4.78 is 2.03. The predicted octanol–water partition coefficient (Wildman–Crippen LogP) is 1.85. The number of amides is 1. The lowest BCUT2D eigenvalue weighted by Gasteiger charge is -2.20. The molecule has 140 valence electrons. The highest BCUT2D eigenvalue weighted by Crippen LogP contribution is 2.25. The zero-order valence-electron chi connectivity index (χ0n) is 15.4. The van der Waals surface area contributed by atoms with E-state index in [1.807, 2.05) is 48.0 Å². The number of para-hydroxylation sites is 2. The molecule has 0 radical (unpaired) electrons. The molecule has 3 N–H and O–H groups in total. The first-order valence-electron chi connectivity index (χ1n) is 8.98. The third kappa shape index (κ3) is 3.39. The van der Waals surface area contributed by atoms with E-state index in [2.05, 4.69) is 15.8 Å². The van der Waals surface area contributed by atoms with Gasteiger partial charge in [-0.15, -0.1) is 0 Å². The van der Waals surface area contributed by atoms with Gasteiger partial charge in [0.2, 0.25) is 5.91 Å². The van der Waals surface area contributed by atoms with Crippen molar-refractivity contribution in [1.82, 2.24) is 25.3 Å². The lowest BCUT2D eigenvalue weighted by atomic mass is 10.0. The normalized spacial score (nSPS) is 19.5. The van der Waals surface area contributed by atoms with Crippen LogP contribution in [0.25, 0.3) is 11.0 Å². The minimum atomic E-state index is -0.302. The van der Waals surface area contributed by atoms with Gasteiger partial charge in [-0.25, -0.2) is 15.8 Å². The summed E-state index contributed by atoms with van der Waals surface area (Å²) in [5.74, 6) is 1.11. The number of nitrogens with one attached hydrogen (secondary N) is 2. The van der Waals surface area contributed by atoms with Crippen LogP contribution >= 0.6 is 0 Å². The number of benzene rings is 2. The third-order valence-corrected chi connectivity index (χ3v) is 5.13. The van der Waals surface area contributed by atoms with Gasteiger partial charge in [0.25, 0.3) is 0 Å². The molecule has 27 heavy (non-hydrogen) atoms. The van der Waals surface area contributed by atoms with Crippen LogP contribution in [-0.2, 0) is 18.4 Å². The van der Waals surface area contributed by atoms with Crippen molar-refractivity contribution in [2.24, 2.45) is 7.05 Å². The van der Waals surface area contributed by atoms with Crippen LogP contribution in [0.1, 0.15) is 23.9 Å². The summed E-state index contributed by atoms with van der Waals surface area (Å²) in [5.41, 5.74) is 9.30. The molecular formula is C20H23N5O2. The minimum absolute atomic E-state index is 0.0239. The number of aryl methyl sites for hydroxylation is 1. The maximum absolute atomic E-state index is 12.9. The molecule has 7 heteroatoms. The summed E-state index contributed by atoms with van der Waals surface area (Å²) in [6.07, 6.45) is 0.649. The van der Waals surface area contributed by atoms with Gasteiger partial charge in [0.1, 0.15) is 17.6 Å². The van der Waals surface area contributed by atoms with Crippen molar-refractivity contribution >= 4 is 16.9 Å². The van der Waals surface area contributed by atoms with Gasteiger partial charge in [0, 0.05) is 20.1 Å². The molecule has 1 amide bonds. The van der Waals surface area contributed by atoms with E-state index in [-0.39, 0.29) is 23.7 Å². The average Bonchev–Trinajstić information content (AvgIpc) is 3.28. The van der Waals surface area contributed by atoms with E-state index in [0.29, 0.717) is 13.0 Å². The van der Waals surface area contributed by atoms with E-state index in [1.54, 1.807) is 24.1 Å². The Morgan fingerprint density at radius 3 is 2.70 bits per heavy atom. The number of hydrogen-bond donors (Lipinski definition) is 3. The van der Waals surface area contributed by atoms with Crippen molar-refractivity contribution in [3.8, 4) is 5.75 Å². The number of rotatable bonds is 4. The monoisotopic (exact) mass is 365 g/mol. The number of imidazole rings is 1. The number of aromatic nitrogens is 2. The van der Waals surface area contributed by atoms with Crippen LogP contribution in [0.5, 0.6) is 5.75 Å². The lowest BCUT2D eigenvalue weighted by Crippen LogP contribution is -2.44. The average molecular weight is 365 g/mol. The third-order valence-electron chi connectivity index (χ3n) is 5.13. The van der Waals surface area contributed by atoms with E-state index in [9.17, 15) is 9.90 Å². The first-order valence-corrected chi connectivity index (χ1v) is 8.98. The first kappa shape index (κ1) is 17.5. The van der Waals surface area contributed by atoms with Crippen molar-refractivity contribution in [3.05, 3.63) is 59.9 Å². The van der Waals surface area contributed by atoms with Gasteiger partial charge in [-0.1, -0.05) is 24.3 Å². The van der Waals surface area contributed by atoms with Gasteiger partial charge in [-0.3, -0.25) is 4.79 Å². The van der Waals surface area contributed by atoms with Crippen molar-refractivity contribution in [2.75, 3.05) is 7.05 Å². The molecule has 0 aliphatic carbocycles. The number of phenols is 1. The second kappa shape index (κ2) is 7.02. The highest BCUT2D eigenvalue weighted by Gasteiger charge is 2.32. The van der Waals surface area contributed by atoms with Gasteiger partial charge < -0.3 is 14.6 Å². The molecule has 1 aromatic heterocycles. The molecule has 1 fully saturated rings. The fourth-order valence-electron chi connectivity index (χ4n) is 3.54. The van der Waals surface area contributed by atoms with Crippen LogP contribution in [0.15, 0.2) is 48.5 Å². The summed E-state index contributed by atoms with van der Waals surface area (Å²) in [6.45, 7) is 0.450. The Morgan fingerprint density at radius 2 is 1.96 bits per heavy atom. The molecule has 2 unspecified atom stereocenters. The van der Waals surface area contributed by atoms with E-state index in [1.165, 1.54) is 0 Å². The molecule has 1 saturated heterocycles. The molecule has 0 bridgehead atoms. The maximum atomic E-state index is 12.9. The molecule has 2 aromatic carbocycles. The van der Waals surface area contributed by atoms with Crippen LogP contribution in [0.4, 0.5) is 0 Å². The Kier molecular flexibility index (Phi) is 4.55. The molecular weight excluding hydrogens is 342 g/mol. The smallest absolute Gasteiger partial charge is 0.241 e. The number of hydrazine groups is 1. The number of phenolic OH excluding ortho intramolecular Hbond substituents is 1. The molecule has 7 nitrogen and oxygen atoms in total. The highest BCUT2D eigenvalue weighted by molar-refractivity contribution is 5.82. The molecule has 2 atom stereocenters. The maximum Gasteiger partial charge on any atom is 0.241 e. The summed E-state index contributed by atoms with van der Waals surface area (Å²) >= 11 is 0. The van der Waals surface area contributed by atoms with Crippen LogP contribution in [-0.4, -0.2) is 38.6 Å². The number of carbonyl (C=O) groups excluding carboxylic acids is 1. The molecule has 2 heterocycles. The molecule has 1 aliphatic rings. The fraction of sp³-hybridized carbons (Fsp3) is 0.300. The zero-order valence-corrected chi connectivity index (χ0v) is 15.4. The van der Waals surface area contributed by atoms with Crippen LogP contribution < -0.4 is 10.9 Å². The SMILES string of the molecule is CN(Cc1nc2ccccc2n1C)C(=O)C1CC(c2ccc(O)cc2)NN1. The van der Waals surface area contributed by atoms with Gasteiger partial charge in [0.05, 0.1) is 17.6 Å². The summed E-state index contributed by atoms with van der Waals surface area (Å²) in [6, 6.07) is 14.7. The van der Waals surface area contributed by atoms with E-state index in [4.69, 9.17) is 0 Å². The predicted molar refractivity (Wildman–Crippen MR) is 103 cm³/mol. The van der Waals surface area contributed by atoms with E-state index < -0.39 is 0 Å². The Labute approximate surface area is 157 Å². The van der Waals surface area contributed by atoms with Crippen LogP contribution in [0.2, 0.25) is 0 Å². The highest BCUT2D eigenvalue weighted by atomic mass is 16.3. The molecule has 0 spiro atoms. The van der Waals surface area contributed by atoms with Gasteiger partial charge in [-0.2, -0.15) is 0 Å². The summed E-state index contributed by atoms with van der Waals surface area (Å²) in [4.78, 5) is 19.2. The van der Waals surface area contributed by atoms with Crippen LogP contribution in [0, 0.1) is 0 Å². The number of fused-ring (bicyclic) bond motifs is 1. The minimum Gasteiger partial charge on any atom is -0.508 e. The molecule has 1 aliphatic heterocycles. The molecule has 4 rings (SSSR count). The second-order valence-corrected chi connectivity index (χ2v) is 6.99. The number of likely N-dealkylation sites (N-methyl/N-ethyl adjacent to an activating group) is 1. The van der Waals surface area contributed by atoms with Crippen molar-refractivity contribution in [3.63, 3.8) is 0 Å². The fourth-order valence-corrected chi connectivity index (χ4v) is 3.54. The van der Waals surface area contributed by atoms with E-state index >= 15 is 0 Å². The topological polar surface area (TPSA) is 82.4 Å². The standard InChI is InChI=1S/C20H23N5O2/c1-24(12-19-21-15-5-3-4-6-18(15)25(19)2)20(27)17-11-16(22-23-17)13-7-9-14(26)10-8-13/h3-10,16-17,22-23,26H,11-12H2,1-2H3. The van der Waals surface area contributed by atoms with Crippen molar-refractivity contribution < 1.29 is 9.90 Å². The van der Waals surface area contributed by atoms with E-state index in [0.717, 1.165) is 22.4 Å². The van der Waals surface area contributed by atoms with Crippen LogP contribution in [0.3, 0.4) is 0 Å². The largest absolute Gasteiger partial charge is 0.508 e. The second-order valence-electron chi connectivity index (χ2n) is 6.99. The summed E-state index contributed by atoms with van der Waals surface area (Å²) in [5, 5.41) is 9.42. The van der Waals surface area contributed by atoms with Gasteiger partial charge >= 0.3 is 0 Å². The Morgan fingerprint density at radius 1 is 1.22 bits per heavy atom. The lowest BCUT2D eigenvalue weighted by molar-refractivity contribution is -0.132. The molecule has 0 saturated carbocycles. The number of aromatic hydroxyl groups is 1. The summed E-state index contributed by atoms with van der Waals surface area (Å²) in [7, 11) is 3.77.